The summed E-state index contributed by atoms with van der Waals surface area (Å²) in [6, 6.07) is 1.98. The predicted molar refractivity (Wildman–Crippen MR) is 82.1 cm³/mol. The Morgan fingerprint density at radius 1 is 1.50 bits per heavy atom. The van der Waals surface area contributed by atoms with Crippen LogP contribution in [0.3, 0.4) is 0 Å². The van der Waals surface area contributed by atoms with Crippen molar-refractivity contribution in [2.45, 2.75) is 51.0 Å². The summed E-state index contributed by atoms with van der Waals surface area (Å²) in [5.74, 6) is 1.75. The molecule has 0 saturated carbocycles. The van der Waals surface area contributed by atoms with Crippen LogP contribution >= 0.6 is 11.8 Å². The van der Waals surface area contributed by atoms with Crippen molar-refractivity contribution in [3.05, 3.63) is 18.1 Å². The molecule has 0 amide bonds. The lowest BCUT2D eigenvalue weighted by Crippen LogP contribution is -2.50. The minimum absolute atomic E-state index is 0.161. The fourth-order valence-electron chi connectivity index (χ4n) is 2.07. The molecule has 0 spiro atoms. The van der Waals surface area contributed by atoms with Crippen molar-refractivity contribution in [2.24, 2.45) is 0 Å². The van der Waals surface area contributed by atoms with Gasteiger partial charge in [0, 0.05) is 4.90 Å². The first-order chi connectivity index (χ1) is 9.53. The number of furan rings is 1. The van der Waals surface area contributed by atoms with E-state index < -0.39 is 5.54 Å². The number of hydrogen-bond donors (Lipinski definition) is 1. The Morgan fingerprint density at radius 2 is 2.25 bits per heavy atom. The van der Waals surface area contributed by atoms with E-state index >= 15 is 0 Å². The summed E-state index contributed by atoms with van der Waals surface area (Å²) in [6.07, 6.45) is 3.42. The van der Waals surface area contributed by atoms with E-state index in [2.05, 4.69) is 5.32 Å². The molecule has 114 valence electrons. The molecule has 1 unspecified atom stereocenters. The van der Waals surface area contributed by atoms with Gasteiger partial charge in [-0.1, -0.05) is 6.92 Å². The third kappa shape index (κ3) is 4.87. The zero-order chi connectivity index (χ0) is 15.0. The van der Waals surface area contributed by atoms with Gasteiger partial charge in [-0.25, -0.2) is 0 Å². The van der Waals surface area contributed by atoms with E-state index in [-0.39, 0.29) is 5.97 Å². The average molecular weight is 299 g/mol. The van der Waals surface area contributed by atoms with Crippen LogP contribution in [0.5, 0.6) is 0 Å². The summed E-state index contributed by atoms with van der Waals surface area (Å²) >= 11 is 1.76. The fourth-order valence-corrected chi connectivity index (χ4v) is 2.99. The highest BCUT2D eigenvalue weighted by Gasteiger charge is 2.33. The lowest BCUT2D eigenvalue weighted by Gasteiger charge is -2.28. The van der Waals surface area contributed by atoms with Gasteiger partial charge in [-0.05, 0) is 52.0 Å². The Balaban J connectivity index is 2.42. The number of esters is 1. The third-order valence-electron chi connectivity index (χ3n) is 3.18. The minimum Gasteiger partial charge on any atom is -0.468 e. The summed E-state index contributed by atoms with van der Waals surface area (Å²) in [5.41, 5.74) is -0.587. The molecule has 1 rings (SSSR count). The molecular formula is C15H25NO3S. The topological polar surface area (TPSA) is 51.5 Å². The van der Waals surface area contributed by atoms with Crippen LogP contribution in [0, 0.1) is 6.92 Å². The number of thioether (sulfide) groups is 1. The number of likely N-dealkylation sites (N-methyl/N-ethyl adjacent to an activating group) is 1. The minimum atomic E-state index is -0.587. The first-order valence-electron chi connectivity index (χ1n) is 7.12. The Hall–Kier alpha value is -0.940. The number of ether oxygens (including phenoxy) is 1. The zero-order valence-electron chi connectivity index (χ0n) is 12.8. The largest absolute Gasteiger partial charge is 0.468 e. The number of nitrogens with one attached hydrogen (secondary N) is 1. The van der Waals surface area contributed by atoms with Crippen molar-refractivity contribution in [1.29, 1.82) is 0 Å². The smallest absolute Gasteiger partial charge is 0.326 e. The summed E-state index contributed by atoms with van der Waals surface area (Å²) < 4.78 is 10.4. The Kier molecular flexibility index (Phi) is 7.16. The van der Waals surface area contributed by atoms with Crippen molar-refractivity contribution in [3.8, 4) is 0 Å². The summed E-state index contributed by atoms with van der Waals surface area (Å²) in [5, 5.41) is 3.25. The zero-order valence-corrected chi connectivity index (χ0v) is 13.6. The quantitative estimate of drug-likeness (QED) is 0.430. The first-order valence-corrected chi connectivity index (χ1v) is 8.11. The predicted octanol–water partition coefficient (Wildman–Crippen LogP) is 3.39. The molecule has 1 atom stereocenters. The first kappa shape index (κ1) is 17.1. The van der Waals surface area contributed by atoms with Gasteiger partial charge in [0.05, 0.1) is 12.9 Å². The van der Waals surface area contributed by atoms with E-state index in [1.807, 2.05) is 33.8 Å². The molecule has 20 heavy (non-hydrogen) atoms. The molecule has 1 heterocycles. The normalized spacial score (nSPS) is 14.0. The fraction of sp³-hybridized carbons (Fsp3) is 0.667. The number of aryl methyl sites for hydroxylation is 1. The van der Waals surface area contributed by atoms with Crippen molar-refractivity contribution in [3.63, 3.8) is 0 Å². The van der Waals surface area contributed by atoms with Crippen LogP contribution in [0.15, 0.2) is 21.6 Å². The second-order valence-electron chi connectivity index (χ2n) is 4.88. The number of rotatable bonds is 9. The standard InChI is InChI=1S/C15H25NO3S/c1-5-16-15(4,14(17)18-6-2)9-7-11-20-13-8-10-19-12(13)3/h8,10,16H,5-7,9,11H2,1-4H3. The summed E-state index contributed by atoms with van der Waals surface area (Å²) in [7, 11) is 0. The van der Waals surface area contributed by atoms with Gasteiger partial charge < -0.3 is 14.5 Å². The molecule has 1 aromatic heterocycles. The summed E-state index contributed by atoms with van der Waals surface area (Å²) in [4.78, 5) is 13.2. The van der Waals surface area contributed by atoms with Crippen LogP contribution in [0.2, 0.25) is 0 Å². The van der Waals surface area contributed by atoms with Crippen LogP contribution in [0.25, 0.3) is 0 Å². The average Bonchev–Trinajstić information content (AvgIpc) is 2.81. The maximum atomic E-state index is 12.0. The molecule has 0 aromatic carbocycles. The SMILES string of the molecule is CCNC(C)(CCCSc1ccoc1C)C(=O)OCC. The molecule has 0 bridgehead atoms. The lowest BCUT2D eigenvalue weighted by atomic mass is 9.96. The Bertz CT molecular complexity index is 419. The van der Waals surface area contributed by atoms with Gasteiger partial charge in [-0.3, -0.25) is 4.79 Å². The number of carbonyl (C=O) groups is 1. The molecule has 0 fully saturated rings. The van der Waals surface area contributed by atoms with Crippen LogP contribution < -0.4 is 5.32 Å². The van der Waals surface area contributed by atoms with E-state index in [1.165, 1.54) is 4.90 Å². The van der Waals surface area contributed by atoms with Crippen molar-refractivity contribution in [1.82, 2.24) is 5.32 Å². The molecule has 1 aromatic rings. The molecule has 0 aliphatic heterocycles. The monoisotopic (exact) mass is 299 g/mol. The van der Waals surface area contributed by atoms with Gasteiger partial charge >= 0.3 is 5.97 Å². The maximum absolute atomic E-state index is 12.0. The second-order valence-corrected chi connectivity index (χ2v) is 6.01. The number of hydrogen-bond acceptors (Lipinski definition) is 5. The Morgan fingerprint density at radius 3 is 2.80 bits per heavy atom. The Labute approximate surface area is 125 Å². The third-order valence-corrected chi connectivity index (χ3v) is 4.41. The van der Waals surface area contributed by atoms with Gasteiger partial charge in [0.1, 0.15) is 11.3 Å². The highest BCUT2D eigenvalue weighted by atomic mass is 32.2. The van der Waals surface area contributed by atoms with Crippen LogP contribution in [-0.2, 0) is 9.53 Å². The van der Waals surface area contributed by atoms with Gasteiger partial charge in [0.2, 0.25) is 0 Å². The van der Waals surface area contributed by atoms with Crippen molar-refractivity contribution in [2.75, 3.05) is 18.9 Å². The molecule has 5 heteroatoms. The van der Waals surface area contributed by atoms with E-state index in [4.69, 9.17) is 9.15 Å². The molecule has 0 aliphatic carbocycles. The van der Waals surface area contributed by atoms with Gasteiger partial charge in [0.25, 0.3) is 0 Å². The van der Waals surface area contributed by atoms with Crippen LogP contribution in [0.4, 0.5) is 0 Å². The van der Waals surface area contributed by atoms with E-state index in [9.17, 15) is 4.79 Å². The van der Waals surface area contributed by atoms with E-state index in [0.717, 1.165) is 30.9 Å². The van der Waals surface area contributed by atoms with Crippen molar-refractivity contribution < 1.29 is 13.9 Å². The molecule has 0 saturated heterocycles. The molecule has 4 nitrogen and oxygen atoms in total. The van der Waals surface area contributed by atoms with Crippen molar-refractivity contribution >= 4 is 17.7 Å². The number of carbonyl (C=O) groups excluding carboxylic acids is 1. The highest BCUT2D eigenvalue weighted by molar-refractivity contribution is 7.99. The molecule has 0 aliphatic rings. The van der Waals surface area contributed by atoms with Crippen LogP contribution in [-0.4, -0.2) is 30.4 Å². The molecular weight excluding hydrogens is 274 g/mol. The highest BCUT2D eigenvalue weighted by Crippen LogP contribution is 2.25. The maximum Gasteiger partial charge on any atom is 0.326 e. The van der Waals surface area contributed by atoms with Crippen LogP contribution in [0.1, 0.15) is 39.4 Å². The molecule has 1 N–H and O–H groups in total. The van der Waals surface area contributed by atoms with E-state index in [1.54, 1.807) is 18.0 Å². The lowest BCUT2D eigenvalue weighted by molar-refractivity contribution is -0.150. The van der Waals surface area contributed by atoms with Gasteiger partial charge in [0.15, 0.2) is 0 Å². The second kappa shape index (κ2) is 8.37. The van der Waals surface area contributed by atoms with Gasteiger partial charge in [-0.15, -0.1) is 11.8 Å². The summed E-state index contributed by atoms with van der Waals surface area (Å²) in [6.45, 7) is 8.89. The van der Waals surface area contributed by atoms with E-state index in [0.29, 0.717) is 6.61 Å². The molecule has 0 radical (unpaired) electrons. The van der Waals surface area contributed by atoms with Gasteiger partial charge in [-0.2, -0.15) is 0 Å².